The SMILES string of the molecule is CC(C)NC(=O)Nc1cccc(C(=O)NCCN2CCNCC2)c1. The molecule has 7 nitrogen and oxygen atoms in total. The smallest absolute Gasteiger partial charge is 0.319 e. The van der Waals surface area contributed by atoms with Gasteiger partial charge in [-0.3, -0.25) is 9.69 Å². The highest BCUT2D eigenvalue weighted by molar-refractivity contribution is 5.96. The van der Waals surface area contributed by atoms with Crippen molar-refractivity contribution in [3.05, 3.63) is 29.8 Å². The molecule has 0 aliphatic carbocycles. The van der Waals surface area contributed by atoms with Crippen LogP contribution in [0.1, 0.15) is 24.2 Å². The Bertz CT molecular complexity index is 556. The zero-order chi connectivity index (χ0) is 17.4. The van der Waals surface area contributed by atoms with Gasteiger partial charge in [-0.15, -0.1) is 0 Å². The van der Waals surface area contributed by atoms with Crippen molar-refractivity contribution < 1.29 is 9.59 Å². The molecule has 1 aliphatic heterocycles. The average Bonchev–Trinajstić information content (AvgIpc) is 2.55. The molecule has 1 aromatic carbocycles. The molecule has 0 saturated carbocycles. The number of carbonyl (C=O) groups is 2. The number of hydrogen-bond donors (Lipinski definition) is 4. The number of hydrogen-bond acceptors (Lipinski definition) is 4. The van der Waals surface area contributed by atoms with Crippen LogP contribution < -0.4 is 21.3 Å². The molecule has 4 N–H and O–H groups in total. The first-order valence-electron chi connectivity index (χ1n) is 8.43. The van der Waals surface area contributed by atoms with Gasteiger partial charge in [0, 0.05) is 56.6 Å². The molecule has 0 atom stereocenters. The number of nitrogens with one attached hydrogen (secondary N) is 4. The van der Waals surface area contributed by atoms with E-state index < -0.39 is 0 Å². The van der Waals surface area contributed by atoms with Crippen molar-refractivity contribution in [3.8, 4) is 0 Å². The second kappa shape index (κ2) is 9.24. The molecule has 1 aromatic rings. The maximum atomic E-state index is 12.2. The van der Waals surface area contributed by atoms with Gasteiger partial charge in [0.25, 0.3) is 5.91 Å². The number of amides is 3. The molecule has 0 unspecified atom stereocenters. The Hall–Kier alpha value is -2.12. The van der Waals surface area contributed by atoms with Gasteiger partial charge in [0.2, 0.25) is 0 Å². The minimum atomic E-state index is -0.277. The molecule has 1 fully saturated rings. The summed E-state index contributed by atoms with van der Waals surface area (Å²) in [4.78, 5) is 26.3. The van der Waals surface area contributed by atoms with E-state index in [0.717, 1.165) is 32.7 Å². The highest BCUT2D eigenvalue weighted by Crippen LogP contribution is 2.10. The van der Waals surface area contributed by atoms with Crippen molar-refractivity contribution in [1.82, 2.24) is 20.9 Å². The van der Waals surface area contributed by atoms with Crippen LogP contribution in [0.4, 0.5) is 10.5 Å². The Kier molecular flexibility index (Phi) is 7.02. The molecule has 0 spiro atoms. The molecule has 3 amide bonds. The van der Waals surface area contributed by atoms with E-state index in [-0.39, 0.29) is 18.0 Å². The van der Waals surface area contributed by atoms with E-state index in [1.807, 2.05) is 13.8 Å². The van der Waals surface area contributed by atoms with E-state index in [1.54, 1.807) is 24.3 Å². The summed E-state index contributed by atoms with van der Waals surface area (Å²) in [6, 6.07) is 6.72. The van der Waals surface area contributed by atoms with Crippen LogP contribution in [0.3, 0.4) is 0 Å². The Morgan fingerprint density at radius 1 is 1.25 bits per heavy atom. The predicted octanol–water partition coefficient (Wildman–Crippen LogP) is 0.852. The van der Waals surface area contributed by atoms with E-state index in [0.29, 0.717) is 17.8 Å². The van der Waals surface area contributed by atoms with Gasteiger partial charge in [0.05, 0.1) is 0 Å². The third kappa shape index (κ3) is 6.17. The molecule has 132 valence electrons. The zero-order valence-corrected chi connectivity index (χ0v) is 14.4. The summed E-state index contributed by atoms with van der Waals surface area (Å²) in [6.45, 7) is 9.27. The molecule has 0 aromatic heterocycles. The number of carbonyl (C=O) groups excluding carboxylic acids is 2. The summed E-state index contributed by atoms with van der Waals surface area (Å²) in [5.74, 6) is -0.127. The van der Waals surface area contributed by atoms with Gasteiger partial charge in [-0.1, -0.05) is 6.07 Å². The van der Waals surface area contributed by atoms with Crippen LogP contribution >= 0.6 is 0 Å². The van der Waals surface area contributed by atoms with Crippen molar-refractivity contribution >= 4 is 17.6 Å². The summed E-state index contributed by atoms with van der Waals surface area (Å²) < 4.78 is 0. The second-order valence-corrected chi connectivity index (χ2v) is 6.18. The second-order valence-electron chi connectivity index (χ2n) is 6.18. The van der Waals surface area contributed by atoms with Gasteiger partial charge in [-0.05, 0) is 32.0 Å². The molecule has 2 rings (SSSR count). The van der Waals surface area contributed by atoms with Crippen LogP contribution in [-0.2, 0) is 0 Å². The van der Waals surface area contributed by atoms with E-state index in [9.17, 15) is 9.59 Å². The van der Waals surface area contributed by atoms with Crippen molar-refractivity contribution in [2.45, 2.75) is 19.9 Å². The van der Waals surface area contributed by atoms with E-state index in [1.165, 1.54) is 0 Å². The lowest BCUT2D eigenvalue weighted by Crippen LogP contribution is -2.46. The number of benzene rings is 1. The molecule has 0 radical (unpaired) electrons. The molecule has 24 heavy (non-hydrogen) atoms. The maximum Gasteiger partial charge on any atom is 0.319 e. The maximum absolute atomic E-state index is 12.2. The Labute approximate surface area is 143 Å². The summed E-state index contributed by atoms with van der Waals surface area (Å²) in [5.41, 5.74) is 1.14. The lowest BCUT2D eigenvalue weighted by Gasteiger charge is -2.27. The number of nitrogens with zero attached hydrogens (tertiary/aromatic N) is 1. The monoisotopic (exact) mass is 333 g/mol. The minimum absolute atomic E-state index is 0.0569. The number of piperazine rings is 1. The average molecular weight is 333 g/mol. The molecule has 1 aliphatic rings. The molecule has 0 bridgehead atoms. The van der Waals surface area contributed by atoms with Crippen molar-refractivity contribution in [1.29, 1.82) is 0 Å². The van der Waals surface area contributed by atoms with Gasteiger partial charge in [-0.25, -0.2) is 4.79 Å². The third-order valence-electron chi connectivity index (χ3n) is 3.73. The molecule has 7 heteroatoms. The summed E-state index contributed by atoms with van der Waals surface area (Å²) in [6.07, 6.45) is 0. The van der Waals surface area contributed by atoms with Gasteiger partial charge in [0.15, 0.2) is 0 Å². The molecular formula is C17H27N5O2. The van der Waals surface area contributed by atoms with Gasteiger partial charge < -0.3 is 21.3 Å². The Morgan fingerprint density at radius 2 is 2.00 bits per heavy atom. The predicted molar refractivity (Wildman–Crippen MR) is 95.4 cm³/mol. The fourth-order valence-corrected chi connectivity index (χ4v) is 2.53. The number of urea groups is 1. The first-order valence-corrected chi connectivity index (χ1v) is 8.43. The van der Waals surface area contributed by atoms with Gasteiger partial charge in [-0.2, -0.15) is 0 Å². The minimum Gasteiger partial charge on any atom is -0.351 e. The zero-order valence-electron chi connectivity index (χ0n) is 14.4. The quantitative estimate of drug-likeness (QED) is 0.622. The van der Waals surface area contributed by atoms with Crippen LogP contribution in [0, 0.1) is 0 Å². The summed E-state index contributed by atoms with van der Waals surface area (Å²) in [5, 5.41) is 11.7. The molecular weight excluding hydrogens is 306 g/mol. The topological polar surface area (TPSA) is 85.5 Å². The standard InChI is InChI=1S/C17H27N5O2/c1-13(2)20-17(24)21-15-5-3-4-14(12-15)16(23)19-8-11-22-9-6-18-7-10-22/h3-5,12-13,18H,6-11H2,1-2H3,(H,19,23)(H2,20,21,24). The first kappa shape index (κ1) is 18.2. The lowest BCUT2D eigenvalue weighted by atomic mass is 10.2. The van der Waals surface area contributed by atoms with Crippen molar-refractivity contribution in [2.75, 3.05) is 44.6 Å². The van der Waals surface area contributed by atoms with E-state index in [4.69, 9.17) is 0 Å². The first-order chi connectivity index (χ1) is 11.5. The van der Waals surface area contributed by atoms with Crippen LogP contribution in [-0.4, -0.2) is 62.1 Å². The van der Waals surface area contributed by atoms with Crippen LogP contribution in [0.5, 0.6) is 0 Å². The van der Waals surface area contributed by atoms with Crippen molar-refractivity contribution in [3.63, 3.8) is 0 Å². The van der Waals surface area contributed by atoms with Crippen LogP contribution in [0.25, 0.3) is 0 Å². The highest BCUT2D eigenvalue weighted by Gasteiger charge is 2.11. The molecule has 1 heterocycles. The highest BCUT2D eigenvalue weighted by atomic mass is 16.2. The Balaban J connectivity index is 1.81. The van der Waals surface area contributed by atoms with Gasteiger partial charge >= 0.3 is 6.03 Å². The van der Waals surface area contributed by atoms with E-state index in [2.05, 4.69) is 26.2 Å². The number of rotatable bonds is 6. The third-order valence-corrected chi connectivity index (χ3v) is 3.73. The lowest BCUT2D eigenvalue weighted by molar-refractivity contribution is 0.0947. The Morgan fingerprint density at radius 3 is 2.71 bits per heavy atom. The summed E-state index contributed by atoms with van der Waals surface area (Å²) in [7, 11) is 0. The molecule has 1 saturated heterocycles. The fraction of sp³-hybridized carbons (Fsp3) is 0.529. The van der Waals surface area contributed by atoms with Crippen LogP contribution in [0.2, 0.25) is 0 Å². The van der Waals surface area contributed by atoms with Gasteiger partial charge in [0.1, 0.15) is 0 Å². The normalized spacial score (nSPS) is 15.1. The van der Waals surface area contributed by atoms with Crippen molar-refractivity contribution in [2.24, 2.45) is 0 Å². The number of anilines is 1. The van der Waals surface area contributed by atoms with E-state index >= 15 is 0 Å². The largest absolute Gasteiger partial charge is 0.351 e. The van der Waals surface area contributed by atoms with Crippen LogP contribution in [0.15, 0.2) is 24.3 Å². The fourth-order valence-electron chi connectivity index (χ4n) is 2.53. The summed E-state index contributed by atoms with van der Waals surface area (Å²) >= 11 is 0.